The van der Waals surface area contributed by atoms with Crippen molar-refractivity contribution in [3.05, 3.63) is 46.8 Å². The van der Waals surface area contributed by atoms with Crippen molar-refractivity contribution in [2.75, 3.05) is 31.1 Å². The highest BCUT2D eigenvalue weighted by Crippen LogP contribution is 2.37. The Morgan fingerprint density at radius 3 is 2.56 bits per heavy atom. The van der Waals surface area contributed by atoms with Crippen molar-refractivity contribution in [3.63, 3.8) is 0 Å². The summed E-state index contributed by atoms with van der Waals surface area (Å²) in [4.78, 5) is 36.7. The zero-order chi connectivity index (χ0) is 19.0. The van der Waals surface area contributed by atoms with Gasteiger partial charge in [0.2, 0.25) is 12.4 Å². The molecule has 2 aromatic rings. The van der Waals surface area contributed by atoms with E-state index in [1.807, 2.05) is 19.1 Å². The first-order valence-electron chi connectivity index (χ1n) is 9.19. The van der Waals surface area contributed by atoms with Gasteiger partial charge in [0.15, 0.2) is 5.78 Å². The number of rotatable bonds is 3. The molecule has 1 aliphatic heterocycles. The van der Waals surface area contributed by atoms with Crippen LogP contribution in [-0.2, 0) is 11.2 Å². The van der Waals surface area contributed by atoms with Gasteiger partial charge in [0.25, 0.3) is 0 Å². The zero-order valence-electron chi connectivity index (χ0n) is 15.3. The first kappa shape index (κ1) is 17.5. The fourth-order valence-corrected chi connectivity index (χ4v) is 3.98. The second-order valence-electron chi connectivity index (χ2n) is 7.15. The van der Waals surface area contributed by atoms with Crippen LogP contribution in [0.4, 0.5) is 5.95 Å². The van der Waals surface area contributed by atoms with E-state index < -0.39 is 0 Å². The average molecular weight is 366 g/mol. The van der Waals surface area contributed by atoms with E-state index in [4.69, 9.17) is 4.98 Å². The summed E-state index contributed by atoms with van der Waals surface area (Å²) in [7, 11) is 0. The van der Waals surface area contributed by atoms with Crippen molar-refractivity contribution < 1.29 is 14.7 Å². The van der Waals surface area contributed by atoms with Crippen molar-refractivity contribution in [3.8, 4) is 5.75 Å². The molecule has 1 unspecified atom stereocenters. The normalized spacial score (nSPS) is 19.7. The lowest BCUT2D eigenvalue weighted by atomic mass is 9.81. The molecule has 0 bridgehead atoms. The highest BCUT2D eigenvalue weighted by Gasteiger charge is 2.32. The minimum atomic E-state index is -0.0831. The van der Waals surface area contributed by atoms with Gasteiger partial charge in [-0.25, -0.2) is 9.97 Å². The number of piperazine rings is 1. The topological polar surface area (TPSA) is 86.6 Å². The van der Waals surface area contributed by atoms with E-state index in [1.165, 1.54) is 0 Å². The summed E-state index contributed by atoms with van der Waals surface area (Å²) in [5.74, 6) is 0.775. The number of aromatic nitrogens is 2. The Bertz CT molecular complexity index is 891. The third-order valence-corrected chi connectivity index (χ3v) is 5.43. The summed E-state index contributed by atoms with van der Waals surface area (Å²) in [5, 5.41) is 10.2. The molecule has 0 radical (unpaired) electrons. The number of amides is 1. The molecular weight excluding hydrogens is 344 g/mol. The highest BCUT2D eigenvalue weighted by molar-refractivity contribution is 5.99. The minimum Gasteiger partial charge on any atom is -0.508 e. The number of aromatic hydroxyl groups is 1. The number of nitrogens with zero attached hydrogens (tertiary/aromatic N) is 4. The molecule has 2 heterocycles. The largest absolute Gasteiger partial charge is 0.508 e. The van der Waals surface area contributed by atoms with Crippen molar-refractivity contribution in [2.24, 2.45) is 0 Å². The van der Waals surface area contributed by atoms with Crippen molar-refractivity contribution in [2.45, 2.75) is 25.7 Å². The van der Waals surface area contributed by atoms with E-state index in [2.05, 4.69) is 9.88 Å². The van der Waals surface area contributed by atoms with E-state index in [0.717, 1.165) is 17.7 Å². The molecule has 0 spiro atoms. The van der Waals surface area contributed by atoms with Crippen molar-refractivity contribution in [1.29, 1.82) is 0 Å². The summed E-state index contributed by atoms with van der Waals surface area (Å²) >= 11 is 0. The second-order valence-corrected chi connectivity index (χ2v) is 7.15. The summed E-state index contributed by atoms with van der Waals surface area (Å²) in [6, 6.07) is 7.17. The third-order valence-electron chi connectivity index (χ3n) is 5.43. The number of phenolic OH excluding ortho intramolecular Hbond substituents is 1. The SMILES string of the molecule is Cc1nc(N2CCN(C=O)CC2)nc2c1C(=O)CC(c1ccccc1O)C2. The van der Waals surface area contributed by atoms with Gasteiger partial charge in [-0.15, -0.1) is 0 Å². The number of carbonyl (C=O) groups excluding carboxylic acids is 2. The van der Waals surface area contributed by atoms with Crippen LogP contribution in [0.25, 0.3) is 0 Å². The Morgan fingerprint density at radius 1 is 1.11 bits per heavy atom. The molecule has 2 aliphatic rings. The molecule has 1 saturated heterocycles. The van der Waals surface area contributed by atoms with Crippen LogP contribution in [-0.4, -0.2) is 58.3 Å². The quantitative estimate of drug-likeness (QED) is 0.832. The molecular formula is C20H22N4O3. The number of hydrogen-bond acceptors (Lipinski definition) is 6. The van der Waals surface area contributed by atoms with Crippen LogP contribution in [0.5, 0.6) is 5.75 Å². The smallest absolute Gasteiger partial charge is 0.225 e. The third kappa shape index (κ3) is 3.25. The van der Waals surface area contributed by atoms with E-state index in [9.17, 15) is 14.7 Å². The first-order chi connectivity index (χ1) is 13.1. The lowest BCUT2D eigenvalue weighted by Crippen LogP contribution is -2.46. The second kappa shape index (κ2) is 6.98. The molecule has 1 aromatic heterocycles. The summed E-state index contributed by atoms with van der Waals surface area (Å²) < 4.78 is 0. The van der Waals surface area contributed by atoms with Crippen LogP contribution >= 0.6 is 0 Å². The number of hydrogen-bond donors (Lipinski definition) is 1. The molecule has 7 nitrogen and oxygen atoms in total. The molecule has 1 amide bonds. The number of Topliss-reactive ketones (excluding diaryl/α,β-unsaturated/α-hetero) is 1. The van der Waals surface area contributed by atoms with Gasteiger partial charge in [0.05, 0.1) is 17.0 Å². The number of para-hydroxylation sites is 1. The summed E-state index contributed by atoms with van der Waals surface area (Å²) in [6.45, 7) is 4.48. The van der Waals surface area contributed by atoms with Gasteiger partial charge >= 0.3 is 0 Å². The predicted octanol–water partition coefficient (Wildman–Crippen LogP) is 1.68. The molecule has 1 aromatic carbocycles. The van der Waals surface area contributed by atoms with Gasteiger partial charge in [-0.3, -0.25) is 9.59 Å². The van der Waals surface area contributed by atoms with E-state index in [1.54, 1.807) is 17.0 Å². The van der Waals surface area contributed by atoms with Crippen LogP contribution in [0.1, 0.15) is 39.6 Å². The highest BCUT2D eigenvalue weighted by atomic mass is 16.3. The number of carbonyl (C=O) groups is 2. The number of anilines is 1. The molecule has 7 heteroatoms. The Kier molecular flexibility index (Phi) is 4.51. The fourth-order valence-electron chi connectivity index (χ4n) is 3.98. The van der Waals surface area contributed by atoms with Crippen LogP contribution < -0.4 is 4.90 Å². The number of phenols is 1. The van der Waals surface area contributed by atoms with Gasteiger partial charge < -0.3 is 14.9 Å². The lowest BCUT2D eigenvalue weighted by Gasteiger charge is -2.33. The van der Waals surface area contributed by atoms with E-state index >= 15 is 0 Å². The number of fused-ring (bicyclic) bond motifs is 1. The molecule has 1 atom stereocenters. The standard InChI is InChI=1S/C20H22N4O3/c1-13-19-16(22-20(21-13)24-8-6-23(12-25)7-9-24)10-14(11-18(19)27)15-4-2-3-5-17(15)26/h2-5,12,14,26H,6-11H2,1H3. The monoisotopic (exact) mass is 366 g/mol. The number of ketones is 1. The molecule has 0 saturated carbocycles. The van der Waals surface area contributed by atoms with Crippen LogP contribution in [0.3, 0.4) is 0 Å². The molecule has 1 aliphatic carbocycles. The van der Waals surface area contributed by atoms with Crippen molar-refractivity contribution >= 4 is 18.1 Å². The van der Waals surface area contributed by atoms with Crippen molar-refractivity contribution in [1.82, 2.24) is 14.9 Å². The fraction of sp³-hybridized carbons (Fsp3) is 0.400. The summed E-state index contributed by atoms with van der Waals surface area (Å²) in [5.41, 5.74) is 2.86. The van der Waals surface area contributed by atoms with E-state index in [0.29, 0.717) is 56.2 Å². The Labute approximate surface area is 157 Å². The number of benzene rings is 1. The predicted molar refractivity (Wildman–Crippen MR) is 100 cm³/mol. The molecule has 1 N–H and O–H groups in total. The Morgan fingerprint density at radius 2 is 1.85 bits per heavy atom. The lowest BCUT2D eigenvalue weighted by molar-refractivity contribution is -0.118. The van der Waals surface area contributed by atoms with Gasteiger partial charge in [-0.1, -0.05) is 18.2 Å². The maximum absolute atomic E-state index is 12.8. The maximum atomic E-state index is 12.8. The van der Waals surface area contributed by atoms with Crippen LogP contribution in [0.15, 0.2) is 24.3 Å². The van der Waals surface area contributed by atoms with Gasteiger partial charge in [0.1, 0.15) is 5.75 Å². The molecule has 27 heavy (non-hydrogen) atoms. The summed E-state index contributed by atoms with van der Waals surface area (Å²) in [6.07, 6.45) is 1.82. The molecule has 140 valence electrons. The van der Waals surface area contributed by atoms with E-state index in [-0.39, 0.29) is 17.5 Å². The van der Waals surface area contributed by atoms with Gasteiger partial charge in [0, 0.05) is 38.5 Å². The Hall–Kier alpha value is -2.96. The molecule has 1 fully saturated rings. The first-order valence-corrected chi connectivity index (χ1v) is 9.19. The Balaban J connectivity index is 1.65. The van der Waals surface area contributed by atoms with Gasteiger partial charge in [-0.2, -0.15) is 0 Å². The van der Waals surface area contributed by atoms with Gasteiger partial charge in [-0.05, 0) is 25.0 Å². The average Bonchev–Trinajstić information content (AvgIpc) is 2.67. The van der Waals surface area contributed by atoms with Crippen LogP contribution in [0.2, 0.25) is 0 Å². The maximum Gasteiger partial charge on any atom is 0.225 e. The van der Waals surface area contributed by atoms with Crippen LogP contribution in [0, 0.1) is 6.92 Å². The zero-order valence-corrected chi connectivity index (χ0v) is 15.3. The number of aryl methyl sites for hydroxylation is 1. The minimum absolute atomic E-state index is 0.0272. The molecule has 4 rings (SSSR count).